The summed E-state index contributed by atoms with van der Waals surface area (Å²) in [6.45, 7) is 10.3. The van der Waals surface area contributed by atoms with Gasteiger partial charge in [-0.25, -0.2) is 0 Å². The van der Waals surface area contributed by atoms with Gasteiger partial charge in [-0.1, -0.05) is 13.2 Å². The van der Waals surface area contributed by atoms with E-state index in [0.717, 1.165) is 24.4 Å². The molecule has 0 spiro atoms. The number of nitrogens with zero attached hydrogens (tertiary/aromatic N) is 1. The van der Waals surface area contributed by atoms with Crippen molar-refractivity contribution in [1.82, 2.24) is 5.32 Å². The fourth-order valence-electron chi connectivity index (χ4n) is 1.08. The second-order valence-electron chi connectivity index (χ2n) is 2.79. The van der Waals surface area contributed by atoms with Gasteiger partial charge in [0.15, 0.2) is 0 Å². The van der Waals surface area contributed by atoms with Crippen molar-refractivity contribution in [3.8, 4) is 0 Å². The fraction of sp³-hybridized carbons (Fsp3) is 0.300. The summed E-state index contributed by atoms with van der Waals surface area (Å²) in [5.41, 5.74) is 3.22. The van der Waals surface area contributed by atoms with Crippen molar-refractivity contribution in [3.63, 3.8) is 0 Å². The molecule has 1 N–H and O–H groups in total. The Morgan fingerprint density at radius 2 is 2.50 bits per heavy atom. The Bertz CT molecular complexity index is 259. The highest BCUT2D eigenvalue weighted by atomic mass is 14.9. The van der Waals surface area contributed by atoms with E-state index in [0.29, 0.717) is 0 Å². The van der Waals surface area contributed by atoms with Gasteiger partial charge in [-0.2, -0.15) is 0 Å². The lowest BCUT2D eigenvalue weighted by Gasteiger charge is -2.07. The fourth-order valence-corrected chi connectivity index (χ4v) is 1.08. The minimum Gasteiger partial charge on any atom is -0.359 e. The van der Waals surface area contributed by atoms with Crippen molar-refractivity contribution < 1.29 is 0 Å². The molecule has 2 heteroatoms. The van der Waals surface area contributed by atoms with Crippen LogP contribution in [0, 0.1) is 0 Å². The van der Waals surface area contributed by atoms with Crippen LogP contribution in [0.4, 0.5) is 0 Å². The van der Waals surface area contributed by atoms with Gasteiger partial charge in [0.2, 0.25) is 0 Å². The number of hydrogen-bond acceptors (Lipinski definition) is 2. The third-order valence-electron chi connectivity index (χ3n) is 1.83. The zero-order valence-corrected chi connectivity index (χ0v) is 7.43. The zero-order chi connectivity index (χ0) is 8.97. The average molecular weight is 162 g/mol. The van der Waals surface area contributed by atoms with Crippen LogP contribution in [-0.4, -0.2) is 12.8 Å². The standard InChI is InChI=1S/C10H14N2/c1-4-8(2)12-9(3)10-5-6-11-7-10/h4,7,12H,1-2,5-6H2,3H3. The summed E-state index contributed by atoms with van der Waals surface area (Å²) in [5, 5.41) is 3.15. The first-order valence-corrected chi connectivity index (χ1v) is 4.02. The van der Waals surface area contributed by atoms with Crippen LogP contribution in [0.25, 0.3) is 0 Å². The first-order valence-electron chi connectivity index (χ1n) is 4.02. The van der Waals surface area contributed by atoms with Crippen molar-refractivity contribution in [2.75, 3.05) is 6.54 Å². The molecule has 0 fully saturated rings. The number of hydrogen-bond donors (Lipinski definition) is 1. The lowest BCUT2D eigenvalue weighted by atomic mass is 10.2. The molecule has 0 atom stereocenters. The molecule has 0 amide bonds. The number of aliphatic imine (C=N–C) groups is 1. The van der Waals surface area contributed by atoms with E-state index in [9.17, 15) is 0 Å². The van der Waals surface area contributed by atoms with Crippen molar-refractivity contribution in [2.24, 2.45) is 4.99 Å². The quantitative estimate of drug-likeness (QED) is 0.631. The third-order valence-corrected chi connectivity index (χ3v) is 1.83. The summed E-state index contributed by atoms with van der Waals surface area (Å²) >= 11 is 0. The molecule has 12 heavy (non-hydrogen) atoms. The molecule has 1 aliphatic rings. The average Bonchev–Trinajstić information content (AvgIpc) is 2.56. The van der Waals surface area contributed by atoms with Gasteiger partial charge in [-0.05, 0) is 25.0 Å². The summed E-state index contributed by atoms with van der Waals surface area (Å²) in [4.78, 5) is 4.14. The third kappa shape index (κ3) is 2.09. The summed E-state index contributed by atoms with van der Waals surface area (Å²) in [6.07, 6.45) is 4.65. The highest BCUT2D eigenvalue weighted by Crippen LogP contribution is 2.10. The highest BCUT2D eigenvalue weighted by molar-refractivity contribution is 5.81. The van der Waals surface area contributed by atoms with E-state index < -0.39 is 0 Å². The zero-order valence-electron chi connectivity index (χ0n) is 7.43. The van der Waals surface area contributed by atoms with E-state index in [-0.39, 0.29) is 0 Å². The van der Waals surface area contributed by atoms with Gasteiger partial charge < -0.3 is 5.32 Å². The molecule has 0 aliphatic carbocycles. The second kappa shape index (κ2) is 3.90. The minimum absolute atomic E-state index is 0.834. The van der Waals surface area contributed by atoms with Crippen LogP contribution < -0.4 is 5.32 Å². The molecular formula is C10H14N2. The van der Waals surface area contributed by atoms with Crippen LogP contribution in [0.5, 0.6) is 0 Å². The summed E-state index contributed by atoms with van der Waals surface area (Å²) in [7, 11) is 0. The molecule has 0 aromatic carbocycles. The van der Waals surface area contributed by atoms with Crippen LogP contribution in [0.15, 0.2) is 41.2 Å². The molecule has 0 aromatic rings. The normalized spacial score (nSPS) is 19.1. The molecule has 1 rings (SSSR count). The number of nitrogens with one attached hydrogen (secondary N) is 1. The monoisotopic (exact) mass is 162 g/mol. The van der Waals surface area contributed by atoms with Gasteiger partial charge in [-0.3, -0.25) is 4.99 Å². The molecule has 0 unspecified atom stereocenters. The molecule has 0 radical (unpaired) electrons. The van der Waals surface area contributed by atoms with Gasteiger partial charge in [0.25, 0.3) is 0 Å². The lowest BCUT2D eigenvalue weighted by molar-refractivity contribution is 0.954. The highest BCUT2D eigenvalue weighted by Gasteiger charge is 2.04. The summed E-state index contributed by atoms with van der Waals surface area (Å²) < 4.78 is 0. The largest absolute Gasteiger partial charge is 0.359 e. The molecule has 1 aliphatic heterocycles. The van der Waals surface area contributed by atoms with Crippen molar-refractivity contribution in [3.05, 3.63) is 36.2 Å². The maximum absolute atomic E-state index is 4.14. The van der Waals surface area contributed by atoms with Crippen LogP contribution in [0.2, 0.25) is 0 Å². The second-order valence-corrected chi connectivity index (χ2v) is 2.79. The van der Waals surface area contributed by atoms with Crippen LogP contribution in [-0.2, 0) is 0 Å². The van der Waals surface area contributed by atoms with Crippen LogP contribution in [0.3, 0.4) is 0 Å². The van der Waals surface area contributed by atoms with E-state index in [1.54, 1.807) is 6.08 Å². The van der Waals surface area contributed by atoms with E-state index >= 15 is 0 Å². The van der Waals surface area contributed by atoms with Crippen molar-refractivity contribution in [2.45, 2.75) is 13.3 Å². The maximum Gasteiger partial charge on any atom is 0.0431 e. The Balaban J connectivity index is 2.62. The molecule has 1 heterocycles. The Morgan fingerprint density at radius 3 is 3.00 bits per heavy atom. The molecule has 0 bridgehead atoms. The van der Waals surface area contributed by atoms with Crippen molar-refractivity contribution >= 4 is 6.21 Å². The van der Waals surface area contributed by atoms with Gasteiger partial charge >= 0.3 is 0 Å². The Kier molecular flexibility index (Phi) is 2.86. The molecular weight excluding hydrogens is 148 g/mol. The van der Waals surface area contributed by atoms with E-state index in [1.165, 1.54) is 5.57 Å². The van der Waals surface area contributed by atoms with Crippen LogP contribution >= 0.6 is 0 Å². The van der Waals surface area contributed by atoms with E-state index in [4.69, 9.17) is 0 Å². The van der Waals surface area contributed by atoms with Gasteiger partial charge in [0.05, 0.1) is 0 Å². The Labute approximate surface area is 73.4 Å². The molecule has 2 nitrogen and oxygen atoms in total. The number of allylic oxidation sites excluding steroid dienone is 2. The van der Waals surface area contributed by atoms with E-state index in [1.807, 2.05) is 13.1 Å². The van der Waals surface area contributed by atoms with Gasteiger partial charge in [-0.15, -0.1) is 0 Å². The molecule has 0 saturated carbocycles. The van der Waals surface area contributed by atoms with Gasteiger partial charge in [0.1, 0.15) is 0 Å². The molecule has 0 saturated heterocycles. The Hall–Kier alpha value is -1.31. The number of rotatable bonds is 3. The minimum atomic E-state index is 0.834. The van der Waals surface area contributed by atoms with Gasteiger partial charge in [0, 0.05) is 24.2 Å². The smallest absolute Gasteiger partial charge is 0.0431 e. The van der Waals surface area contributed by atoms with E-state index in [2.05, 4.69) is 23.5 Å². The van der Waals surface area contributed by atoms with Crippen molar-refractivity contribution in [1.29, 1.82) is 0 Å². The summed E-state index contributed by atoms with van der Waals surface area (Å²) in [6, 6.07) is 0. The first-order chi connectivity index (χ1) is 5.74. The van der Waals surface area contributed by atoms with Crippen LogP contribution in [0.1, 0.15) is 13.3 Å². The Morgan fingerprint density at radius 1 is 1.75 bits per heavy atom. The maximum atomic E-state index is 4.14. The SMILES string of the molecule is C=CC(=C)NC(C)=C1C=NCC1. The molecule has 0 aromatic heterocycles. The predicted molar refractivity (Wildman–Crippen MR) is 53.1 cm³/mol. The molecule has 64 valence electrons. The topological polar surface area (TPSA) is 24.4 Å². The predicted octanol–water partition coefficient (Wildman–Crippen LogP) is 2.02. The lowest BCUT2D eigenvalue weighted by Crippen LogP contribution is -2.10. The first kappa shape index (κ1) is 8.78. The summed E-state index contributed by atoms with van der Waals surface area (Å²) in [5.74, 6) is 0.